The van der Waals surface area contributed by atoms with Crippen molar-refractivity contribution in [3.8, 4) is 0 Å². The number of hydrogen-bond acceptors (Lipinski definition) is 9. The zero-order valence-corrected chi connectivity index (χ0v) is 20.3. The quantitative estimate of drug-likeness (QED) is 0.389. The Morgan fingerprint density at radius 1 is 0.926 bits per heavy atom. The Morgan fingerprint density at radius 2 is 1.37 bits per heavy atom. The number of thiophene rings is 1. The summed E-state index contributed by atoms with van der Waals surface area (Å²) in [5, 5.41) is 1.19. The van der Waals surface area contributed by atoms with Crippen LogP contribution >= 0.6 is 81.9 Å². The van der Waals surface area contributed by atoms with E-state index in [0.29, 0.717) is 19.7 Å². The van der Waals surface area contributed by atoms with E-state index in [0.717, 1.165) is 23.0 Å². The predicted molar refractivity (Wildman–Crippen MR) is 133 cm³/mol. The first kappa shape index (κ1) is 22.3. The highest BCUT2D eigenvalue weighted by Crippen LogP contribution is 2.56. The second-order valence-corrected chi connectivity index (χ2v) is 14.6. The number of rotatable bonds is 8. The smallest absolute Gasteiger partial charge is 0.211 e. The van der Waals surface area contributed by atoms with Crippen LogP contribution in [0.3, 0.4) is 0 Å². The van der Waals surface area contributed by atoms with Crippen LogP contribution in [0.5, 0.6) is 0 Å². The van der Waals surface area contributed by atoms with Gasteiger partial charge < -0.3 is 0 Å². The zero-order chi connectivity index (χ0) is 19.2. The van der Waals surface area contributed by atoms with Crippen LogP contribution in [-0.2, 0) is 9.59 Å². The molecule has 1 aromatic rings. The molecule has 2 aliphatic rings. The zero-order valence-electron chi connectivity index (χ0n) is 14.5. The summed E-state index contributed by atoms with van der Waals surface area (Å²) in [6.07, 6.45) is 2.80. The van der Waals surface area contributed by atoms with Gasteiger partial charge in [0.05, 0.1) is 9.16 Å². The van der Waals surface area contributed by atoms with Crippen molar-refractivity contribution in [1.82, 2.24) is 0 Å². The molecule has 1 aromatic heterocycles. The predicted octanol–water partition coefficient (Wildman–Crippen LogP) is 6.33. The molecule has 9 heteroatoms. The van der Waals surface area contributed by atoms with Gasteiger partial charge in [0.2, 0.25) is 10.2 Å². The van der Waals surface area contributed by atoms with Crippen molar-refractivity contribution in [2.75, 3.05) is 23.0 Å². The molecule has 0 N–H and O–H groups in total. The first-order valence-corrected chi connectivity index (χ1v) is 15.1. The van der Waals surface area contributed by atoms with Crippen molar-refractivity contribution in [3.05, 3.63) is 47.2 Å². The third kappa shape index (κ3) is 6.55. The highest BCUT2D eigenvalue weighted by Gasteiger charge is 2.32. The molecule has 4 atom stereocenters. The van der Waals surface area contributed by atoms with Gasteiger partial charge in [0.1, 0.15) is 0 Å². The Balaban J connectivity index is 1.48. The maximum atomic E-state index is 11.4. The van der Waals surface area contributed by atoms with Gasteiger partial charge in [-0.1, -0.05) is 36.7 Å². The Morgan fingerprint density at radius 3 is 1.78 bits per heavy atom. The van der Waals surface area contributed by atoms with E-state index in [1.54, 1.807) is 0 Å². The summed E-state index contributed by atoms with van der Waals surface area (Å²) in [6, 6.07) is 4.55. The minimum Gasteiger partial charge on any atom is -0.282 e. The summed E-state index contributed by atoms with van der Waals surface area (Å²) < 4.78 is 0.974. The Labute approximate surface area is 190 Å². The van der Waals surface area contributed by atoms with E-state index in [1.165, 1.54) is 45.4 Å². The van der Waals surface area contributed by atoms with Gasteiger partial charge in [-0.15, -0.1) is 58.4 Å². The van der Waals surface area contributed by atoms with Gasteiger partial charge in [0.15, 0.2) is 0 Å². The molecule has 3 rings (SSSR count). The highest BCUT2D eigenvalue weighted by atomic mass is 32.2. The van der Waals surface area contributed by atoms with Crippen LogP contribution in [0.4, 0.5) is 0 Å². The molecule has 3 heterocycles. The van der Waals surface area contributed by atoms with Gasteiger partial charge in [-0.2, -0.15) is 0 Å². The summed E-state index contributed by atoms with van der Waals surface area (Å²) in [5.41, 5.74) is 0. The largest absolute Gasteiger partial charge is 0.282 e. The van der Waals surface area contributed by atoms with Crippen molar-refractivity contribution < 1.29 is 9.59 Å². The molecule has 0 amide bonds. The molecule has 2 saturated heterocycles. The molecule has 4 unspecified atom stereocenters. The number of carbonyl (C=O) groups is 2. The molecule has 0 radical (unpaired) electrons. The van der Waals surface area contributed by atoms with Gasteiger partial charge in [0.25, 0.3) is 0 Å². The lowest BCUT2D eigenvalue weighted by Gasteiger charge is -2.09. The van der Waals surface area contributed by atoms with Gasteiger partial charge in [-0.05, 0) is 24.3 Å². The Hall–Kier alpha value is 0.620. The molecule has 0 spiro atoms. The van der Waals surface area contributed by atoms with E-state index >= 15 is 0 Å². The van der Waals surface area contributed by atoms with Crippen molar-refractivity contribution >= 4 is 92.1 Å². The summed E-state index contributed by atoms with van der Waals surface area (Å²) in [5.74, 6) is 3.94. The number of carbonyl (C=O) groups excluding carboxylic acids is 2. The molecule has 2 nitrogen and oxygen atoms in total. The monoisotopic (exact) mass is 492 g/mol. The second-order valence-electron chi connectivity index (χ2n) is 5.76. The third-order valence-corrected chi connectivity index (χ3v) is 14.7. The van der Waals surface area contributed by atoms with E-state index < -0.39 is 0 Å². The molecule has 0 aromatic carbocycles. The normalized spacial score (nSPS) is 27.6. The highest BCUT2D eigenvalue weighted by molar-refractivity contribution is 8.21. The van der Waals surface area contributed by atoms with E-state index in [-0.39, 0.29) is 10.2 Å². The summed E-state index contributed by atoms with van der Waals surface area (Å²) in [6.45, 7) is 7.06. The van der Waals surface area contributed by atoms with E-state index in [9.17, 15) is 9.59 Å². The van der Waals surface area contributed by atoms with Gasteiger partial charge in [-0.3, -0.25) is 9.59 Å². The molecule has 27 heavy (non-hydrogen) atoms. The summed E-state index contributed by atoms with van der Waals surface area (Å²) in [4.78, 5) is 25.7. The van der Waals surface area contributed by atoms with Crippen LogP contribution in [0.15, 0.2) is 37.4 Å². The first-order chi connectivity index (χ1) is 13.1. The minimum atomic E-state index is 0.0697. The molecular formula is C18H20O2S7. The van der Waals surface area contributed by atoms with Crippen LogP contribution in [0.25, 0.3) is 0 Å². The van der Waals surface area contributed by atoms with Crippen molar-refractivity contribution in [2.45, 2.75) is 19.7 Å². The Kier molecular flexibility index (Phi) is 9.20. The standard InChI is InChI=1S/C18H20O2S7/c1-3-15(19)21-7-11-9-23-17(25-11)13-5-6-14(27-13)18-24-10-12(26-18)8-22-16(20)4-2/h3-6,11-12,17-18H,1-2,7-10H2. The summed E-state index contributed by atoms with van der Waals surface area (Å²) >= 11 is 12.6. The maximum absolute atomic E-state index is 11.4. The fourth-order valence-electron chi connectivity index (χ4n) is 2.46. The van der Waals surface area contributed by atoms with Gasteiger partial charge in [0, 0.05) is 43.3 Å². The SMILES string of the molecule is C=CC(=O)SCC1CSC(c2ccc(C3SCC(CSC(=O)C=C)S3)s2)S1. The van der Waals surface area contributed by atoms with Crippen LogP contribution in [0.2, 0.25) is 0 Å². The molecule has 0 bridgehead atoms. The lowest BCUT2D eigenvalue weighted by molar-refractivity contribution is -0.107. The minimum absolute atomic E-state index is 0.0697. The fraction of sp³-hybridized carbons (Fsp3) is 0.444. The van der Waals surface area contributed by atoms with Gasteiger partial charge in [-0.25, -0.2) is 0 Å². The van der Waals surface area contributed by atoms with E-state index in [4.69, 9.17) is 0 Å². The lowest BCUT2D eigenvalue weighted by Crippen LogP contribution is -2.06. The average Bonchev–Trinajstić information content (AvgIpc) is 3.43. The third-order valence-electron chi connectivity index (χ3n) is 3.77. The van der Waals surface area contributed by atoms with Gasteiger partial charge >= 0.3 is 0 Å². The number of hydrogen-bond donors (Lipinski definition) is 0. The van der Waals surface area contributed by atoms with Crippen LogP contribution in [-0.4, -0.2) is 43.7 Å². The van der Waals surface area contributed by atoms with E-state index in [1.807, 2.05) is 58.4 Å². The topological polar surface area (TPSA) is 34.1 Å². The van der Waals surface area contributed by atoms with Crippen molar-refractivity contribution in [2.24, 2.45) is 0 Å². The molecule has 2 fully saturated rings. The van der Waals surface area contributed by atoms with Crippen LogP contribution in [0, 0.1) is 0 Å². The van der Waals surface area contributed by atoms with E-state index in [2.05, 4.69) is 25.3 Å². The fourth-order valence-corrected chi connectivity index (χ4v) is 12.8. The average molecular weight is 493 g/mol. The summed E-state index contributed by atoms with van der Waals surface area (Å²) in [7, 11) is 0. The van der Waals surface area contributed by atoms with Crippen molar-refractivity contribution in [3.63, 3.8) is 0 Å². The molecule has 146 valence electrons. The first-order valence-electron chi connectivity index (χ1n) is 8.31. The van der Waals surface area contributed by atoms with Crippen molar-refractivity contribution in [1.29, 1.82) is 0 Å². The molecule has 0 aliphatic carbocycles. The van der Waals surface area contributed by atoms with Crippen LogP contribution in [0.1, 0.15) is 18.9 Å². The molecule has 2 aliphatic heterocycles. The van der Waals surface area contributed by atoms with Crippen LogP contribution < -0.4 is 0 Å². The number of thioether (sulfide) groups is 6. The lowest BCUT2D eigenvalue weighted by atomic mass is 10.4. The molecule has 0 saturated carbocycles. The maximum Gasteiger partial charge on any atom is 0.211 e. The second kappa shape index (κ2) is 11.1. The molecular weight excluding hydrogens is 473 g/mol. The Bertz CT molecular complexity index is 645.